The Morgan fingerprint density at radius 2 is 1.65 bits per heavy atom. The van der Waals surface area contributed by atoms with E-state index in [4.69, 9.17) is 9.94 Å². The van der Waals surface area contributed by atoms with Gasteiger partial charge in [0, 0.05) is 29.4 Å². The van der Waals surface area contributed by atoms with Crippen molar-refractivity contribution in [3.05, 3.63) is 95.1 Å². The molecule has 2 heterocycles. The molecule has 0 unspecified atom stereocenters. The highest BCUT2D eigenvalue weighted by molar-refractivity contribution is 7.89. The summed E-state index contributed by atoms with van der Waals surface area (Å²) in [6, 6.07) is 15.7. The van der Waals surface area contributed by atoms with Crippen LogP contribution in [-0.2, 0) is 41.2 Å². The highest BCUT2D eigenvalue weighted by Crippen LogP contribution is 2.43. The zero-order valence-corrected chi connectivity index (χ0v) is 28.7. The molecule has 12 nitrogen and oxygen atoms in total. The Bertz CT molecular complexity index is 1770. The lowest BCUT2D eigenvalue weighted by atomic mass is 9.81. The van der Waals surface area contributed by atoms with Crippen molar-refractivity contribution in [1.29, 1.82) is 0 Å². The zero-order valence-electron chi connectivity index (χ0n) is 27.9. The second kappa shape index (κ2) is 14.7. The number of carbonyl (C=O) groups is 3. The molecule has 4 rings (SSSR count). The molecule has 0 radical (unpaired) electrons. The van der Waals surface area contributed by atoms with E-state index in [-0.39, 0.29) is 11.4 Å². The number of hydroxylamine groups is 1. The van der Waals surface area contributed by atoms with E-state index in [0.717, 1.165) is 22.4 Å². The van der Waals surface area contributed by atoms with Crippen molar-refractivity contribution >= 4 is 27.9 Å². The van der Waals surface area contributed by atoms with Gasteiger partial charge in [-0.25, -0.2) is 17.6 Å². The van der Waals surface area contributed by atoms with E-state index < -0.39 is 63.1 Å². The number of carbonyl (C=O) groups excluding carboxylic acids is 1. The van der Waals surface area contributed by atoms with Gasteiger partial charge in [0.25, 0.3) is 10.0 Å². The van der Waals surface area contributed by atoms with Gasteiger partial charge in [-0.3, -0.25) is 19.5 Å². The second-order valence-electron chi connectivity index (χ2n) is 13.4. The summed E-state index contributed by atoms with van der Waals surface area (Å²) in [4.78, 5) is 48.1. The molecule has 2 aromatic carbocycles. The summed E-state index contributed by atoms with van der Waals surface area (Å²) < 4.78 is 42.5. The van der Waals surface area contributed by atoms with Crippen LogP contribution in [0, 0.1) is 25.1 Å². The van der Waals surface area contributed by atoms with E-state index in [9.17, 15) is 37.4 Å². The first-order chi connectivity index (χ1) is 22.8. The van der Waals surface area contributed by atoms with Crippen LogP contribution in [0.4, 0.5) is 4.39 Å². The number of sulfonamides is 1. The summed E-state index contributed by atoms with van der Waals surface area (Å²) in [5.74, 6) is -5.50. The number of likely N-dealkylation sites (tertiary alicyclic amines) is 1. The molecule has 3 aromatic rings. The Labute approximate surface area is 285 Å². The smallest absolute Gasteiger partial charge is 0.336 e. The van der Waals surface area contributed by atoms with E-state index in [2.05, 4.69) is 9.88 Å². The first-order valence-electron chi connectivity index (χ1n) is 15.8. The van der Waals surface area contributed by atoms with Crippen LogP contribution in [0.1, 0.15) is 61.9 Å². The molecular weight excluding hydrogens is 657 g/mol. The quantitative estimate of drug-likeness (QED) is 0.194. The standard InChI is InChI=1S/C35H42FN3O9S/c1-24-5-13-29(14-6-24)49(46,47)39(48-31(42)20-35(45,32(43)44)19-30(40)41)23-34(16-15-26-8-11-28(36)12-9-26)17-18-38(22-34)33(3,4)27-10-7-25(2)37-21-27/h5-14,21,45H,15-20,22-23H2,1-4H3,(H,40,41)(H,43,44)/t34-,35-/m1/s1. The second-order valence-corrected chi connectivity index (χ2v) is 15.2. The Kier molecular flexibility index (Phi) is 11.3. The summed E-state index contributed by atoms with van der Waals surface area (Å²) in [5, 5.41) is 29.2. The molecule has 264 valence electrons. The van der Waals surface area contributed by atoms with Gasteiger partial charge < -0.3 is 20.2 Å². The number of hydrogen-bond donors (Lipinski definition) is 3. The molecule has 0 aliphatic carbocycles. The molecule has 0 bridgehead atoms. The van der Waals surface area contributed by atoms with Crippen LogP contribution in [0.3, 0.4) is 0 Å². The van der Waals surface area contributed by atoms with Crippen molar-refractivity contribution in [1.82, 2.24) is 14.4 Å². The highest BCUT2D eigenvalue weighted by atomic mass is 32.2. The fourth-order valence-electron chi connectivity index (χ4n) is 6.01. The summed E-state index contributed by atoms with van der Waals surface area (Å²) >= 11 is 0. The molecule has 1 aliphatic rings. The lowest BCUT2D eigenvalue weighted by Gasteiger charge is -2.39. The summed E-state index contributed by atoms with van der Waals surface area (Å²) in [6.45, 7) is 8.26. The van der Waals surface area contributed by atoms with Gasteiger partial charge in [-0.1, -0.05) is 35.9 Å². The molecule has 0 amide bonds. The topological polar surface area (TPSA) is 175 Å². The van der Waals surface area contributed by atoms with Crippen molar-refractivity contribution in [2.75, 3.05) is 19.6 Å². The number of aryl methyl sites for hydroxylation is 3. The maximum absolute atomic E-state index is 14.1. The van der Waals surface area contributed by atoms with Gasteiger partial charge in [0.2, 0.25) is 0 Å². The number of halogens is 1. The average molecular weight is 700 g/mol. The maximum atomic E-state index is 14.1. The third kappa shape index (κ3) is 9.06. The van der Waals surface area contributed by atoms with Gasteiger partial charge in [0.1, 0.15) is 5.82 Å². The van der Waals surface area contributed by atoms with Crippen LogP contribution in [0.15, 0.2) is 71.8 Å². The predicted octanol–water partition coefficient (Wildman–Crippen LogP) is 4.23. The monoisotopic (exact) mass is 699 g/mol. The molecule has 14 heteroatoms. The predicted molar refractivity (Wildman–Crippen MR) is 176 cm³/mol. The Hall–Kier alpha value is -4.24. The van der Waals surface area contributed by atoms with Crippen LogP contribution in [-0.4, -0.2) is 81.2 Å². The summed E-state index contributed by atoms with van der Waals surface area (Å²) in [6.07, 6.45) is 0.451. The molecule has 1 aromatic heterocycles. The largest absolute Gasteiger partial charge is 0.481 e. The van der Waals surface area contributed by atoms with E-state index in [0.29, 0.717) is 36.8 Å². The Morgan fingerprint density at radius 1 is 1.00 bits per heavy atom. The van der Waals surface area contributed by atoms with Gasteiger partial charge in [-0.15, -0.1) is 0 Å². The van der Waals surface area contributed by atoms with Crippen molar-refractivity contribution < 1.29 is 47.3 Å². The first kappa shape index (κ1) is 37.6. The van der Waals surface area contributed by atoms with Gasteiger partial charge >= 0.3 is 17.9 Å². The third-order valence-electron chi connectivity index (χ3n) is 9.24. The first-order valence-corrected chi connectivity index (χ1v) is 17.2. The van der Waals surface area contributed by atoms with Gasteiger partial charge in [0.05, 0.1) is 24.3 Å². The number of aromatic nitrogens is 1. The lowest BCUT2D eigenvalue weighted by molar-refractivity contribution is -0.185. The van der Waals surface area contributed by atoms with Crippen molar-refractivity contribution in [2.45, 2.75) is 75.8 Å². The summed E-state index contributed by atoms with van der Waals surface area (Å²) in [5.41, 5.74) is -1.04. The van der Waals surface area contributed by atoms with E-state index in [1.807, 2.05) is 32.9 Å². The molecule has 0 saturated carbocycles. The normalized spacial score (nSPS) is 18.3. The molecular formula is C35H42FN3O9S. The number of hydrogen-bond acceptors (Lipinski definition) is 9. The number of nitrogens with zero attached hydrogens (tertiary/aromatic N) is 3. The van der Waals surface area contributed by atoms with Crippen molar-refractivity contribution in [2.24, 2.45) is 5.41 Å². The molecule has 0 spiro atoms. The molecule has 49 heavy (non-hydrogen) atoms. The number of aliphatic hydroxyl groups is 1. The van der Waals surface area contributed by atoms with E-state index >= 15 is 0 Å². The molecule has 2 atom stereocenters. The number of carboxylic acid groups (broad SMARTS) is 2. The number of aliphatic carboxylic acids is 2. The van der Waals surface area contributed by atoms with Crippen LogP contribution >= 0.6 is 0 Å². The van der Waals surface area contributed by atoms with E-state index in [1.165, 1.54) is 24.3 Å². The zero-order chi connectivity index (χ0) is 36.2. The molecule has 1 aliphatic heterocycles. The minimum absolute atomic E-state index is 0.195. The number of benzene rings is 2. The Balaban J connectivity index is 1.73. The molecule has 3 N–H and O–H groups in total. The van der Waals surface area contributed by atoms with Crippen LogP contribution < -0.4 is 0 Å². The average Bonchev–Trinajstić information content (AvgIpc) is 3.45. The van der Waals surface area contributed by atoms with Crippen LogP contribution in [0.25, 0.3) is 0 Å². The minimum Gasteiger partial charge on any atom is -0.481 e. The van der Waals surface area contributed by atoms with E-state index in [1.54, 1.807) is 37.4 Å². The van der Waals surface area contributed by atoms with Crippen LogP contribution in [0.5, 0.6) is 0 Å². The van der Waals surface area contributed by atoms with Gasteiger partial charge in [-0.2, -0.15) is 0 Å². The van der Waals surface area contributed by atoms with Gasteiger partial charge in [-0.05, 0) is 99.4 Å². The number of rotatable bonds is 15. The SMILES string of the molecule is Cc1ccc(S(=O)(=O)N(C[C@]2(CCc3ccc(F)cc3)CCN(C(C)(C)c3ccc(C)nc3)C2)OC(=O)C[C@](O)(CC(=O)O)C(=O)O)cc1. The molecule has 1 saturated heterocycles. The Morgan fingerprint density at radius 3 is 2.22 bits per heavy atom. The van der Waals surface area contributed by atoms with Crippen molar-refractivity contribution in [3.8, 4) is 0 Å². The van der Waals surface area contributed by atoms with Crippen LogP contribution in [0.2, 0.25) is 0 Å². The fourth-order valence-corrected chi connectivity index (χ4v) is 7.35. The summed E-state index contributed by atoms with van der Waals surface area (Å²) in [7, 11) is -4.57. The third-order valence-corrected chi connectivity index (χ3v) is 10.8. The fraction of sp³-hybridized carbons (Fsp3) is 0.429. The molecule has 1 fully saturated rings. The number of pyridine rings is 1. The number of carboxylic acids is 2. The van der Waals surface area contributed by atoms with Gasteiger partial charge in [0.15, 0.2) is 5.60 Å². The maximum Gasteiger partial charge on any atom is 0.336 e. The minimum atomic E-state index is -4.57. The lowest BCUT2D eigenvalue weighted by Crippen LogP contribution is -2.48. The van der Waals surface area contributed by atoms with Crippen molar-refractivity contribution in [3.63, 3.8) is 0 Å². The highest BCUT2D eigenvalue weighted by Gasteiger charge is 2.48.